The SMILES string of the molecule is CC1CCc2c(sc(NC(=O)CCOc3ccccc3Cl)c2C(N)=O)C1. The number of primary amides is 1. The van der Waals surface area contributed by atoms with Crippen molar-refractivity contribution in [2.45, 2.75) is 32.6 Å². The van der Waals surface area contributed by atoms with Crippen molar-refractivity contribution in [2.24, 2.45) is 11.7 Å². The third-order valence-corrected chi connectivity index (χ3v) is 5.92. The van der Waals surface area contributed by atoms with Gasteiger partial charge in [0.1, 0.15) is 10.8 Å². The van der Waals surface area contributed by atoms with Crippen molar-refractivity contribution in [2.75, 3.05) is 11.9 Å². The van der Waals surface area contributed by atoms with E-state index < -0.39 is 5.91 Å². The van der Waals surface area contributed by atoms with Crippen molar-refractivity contribution in [3.05, 3.63) is 45.3 Å². The molecule has 1 atom stereocenters. The lowest BCUT2D eigenvalue weighted by molar-refractivity contribution is -0.116. The summed E-state index contributed by atoms with van der Waals surface area (Å²) < 4.78 is 5.54. The molecule has 7 heteroatoms. The molecule has 2 aromatic rings. The Morgan fingerprint density at radius 3 is 2.88 bits per heavy atom. The second kappa shape index (κ2) is 8.10. The first-order chi connectivity index (χ1) is 12.5. The summed E-state index contributed by atoms with van der Waals surface area (Å²) in [4.78, 5) is 25.3. The largest absolute Gasteiger partial charge is 0.491 e. The van der Waals surface area contributed by atoms with Crippen molar-refractivity contribution >= 4 is 39.8 Å². The number of anilines is 1. The van der Waals surface area contributed by atoms with Crippen LogP contribution in [0.25, 0.3) is 0 Å². The molecule has 26 heavy (non-hydrogen) atoms. The van der Waals surface area contributed by atoms with Crippen molar-refractivity contribution < 1.29 is 14.3 Å². The molecule has 3 N–H and O–H groups in total. The minimum atomic E-state index is -0.486. The highest BCUT2D eigenvalue weighted by Gasteiger charge is 2.27. The molecule has 0 aliphatic heterocycles. The third kappa shape index (κ3) is 4.19. The molecule has 5 nitrogen and oxygen atoms in total. The van der Waals surface area contributed by atoms with Gasteiger partial charge in [-0.15, -0.1) is 11.3 Å². The van der Waals surface area contributed by atoms with Gasteiger partial charge in [-0.3, -0.25) is 9.59 Å². The summed E-state index contributed by atoms with van der Waals surface area (Å²) in [7, 11) is 0. The van der Waals surface area contributed by atoms with E-state index in [-0.39, 0.29) is 18.9 Å². The molecule has 1 aliphatic rings. The van der Waals surface area contributed by atoms with Gasteiger partial charge in [-0.1, -0.05) is 30.7 Å². The Hall–Kier alpha value is -2.05. The number of fused-ring (bicyclic) bond motifs is 1. The van der Waals surface area contributed by atoms with Crippen LogP contribution < -0.4 is 15.8 Å². The number of para-hydroxylation sites is 1. The lowest BCUT2D eigenvalue weighted by atomic mass is 9.88. The van der Waals surface area contributed by atoms with Gasteiger partial charge in [-0.25, -0.2) is 0 Å². The fourth-order valence-electron chi connectivity index (χ4n) is 3.10. The third-order valence-electron chi connectivity index (χ3n) is 4.43. The molecule has 0 saturated carbocycles. The zero-order valence-corrected chi connectivity index (χ0v) is 16.1. The molecular weight excluding hydrogens is 372 g/mol. The van der Waals surface area contributed by atoms with E-state index in [0.29, 0.717) is 27.3 Å². The molecule has 1 heterocycles. The van der Waals surface area contributed by atoms with Gasteiger partial charge in [0.15, 0.2) is 0 Å². The lowest BCUT2D eigenvalue weighted by Gasteiger charge is -2.18. The number of halogens is 1. The zero-order valence-electron chi connectivity index (χ0n) is 14.5. The molecule has 0 bridgehead atoms. The smallest absolute Gasteiger partial charge is 0.251 e. The molecule has 0 spiro atoms. The summed E-state index contributed by atoms with van der Waals surface area (Å²) in [5, 5.41) is 3.89. The first kappa shape index (κ1) is 18.7. The highest BCUT2D eigenvalue weighted by atomic mass is 35.5. The first-order valence-electron chi connectivity index (χ1n) is 8.57. The fourth-order valence-corrected chi connectivity index (χ4v) is 4.73. The Labute approximate surface area is 161 Å². The first-order valence-corrected chi connectivity index (χ1v) is 9.76. The van der Waals surface area contributed by atoms with Gasteiger partial charge in [0.25, 0.3) is 5.91 Å². The average molecular weight is 393 g/mol. The van der Waals surface area contributed by atoms with Crippen LogP contribution in [0.1, 0.15) is 40.6 Å². The van der Waals surface area contributed by atoms with Gasteiger partial charge in [-0.05, 0) is 42.9 Å². The highest BCUT2D eigenvalue weighted by molar-refractivity contribution is 7.17. The number of carbonyl (C=O) groups excluding carboxylic acids is 2. The summed E-state index contributed by atoms with van der Waals surface area (Å²) >= 11 is 7.48. The van der Waals surface area contributed by atoms with E-state index in [4.69, 9.17) is 22.1 Å². The number of hydrogen-bond acceptors (Lipinski definition) is 4. The fraction of sp³-hybridized carbons (Fsp3) is 0.368. The van der Waals surface area contributed by atoms with Crippen molar-refractivity contribution in [3.8, 4) is 5.75 Å². The van der Waals surface area contributed by atoms with Gasteiger partial charge in [0.05, 0.1) is 23.6 Å². The van der Waals surface area contributed by atoms with Gasteiger partial charge in [0, 0.05) is 4.88 Å². The Bertz CT molecular complexity index is 834. The zero-order chi connectivity index (χ0) is 18.7. The number of nitrogens with one attached hydrogen (secondary N) is 1. The number of amides is 2. The predicted octanol–water partition coefficient (Wildman–Crippen LogP) is 4.03. The van der Waals surface area contributed by atoms with Crippen LogP contribution in [0.15, 0.2) is 24.3 Å². The quantitative estimate of drug-likeness (QED) is 0.778. The molecule has 1 aliphatic carbocycles. The molecular formula is C19H21ClN2O3S. The number of benzene rings is 1. The van der Waals surface area contributed by atoms with E-state index in [1.165, 1.54) is 11.3 Å². The topological polar surface area (TPSA) is 81.4 Å². The summed E-state index contributed by atoms with van der Waals surface area (Å²) in [6.45, 7) is 2.39. The Kier molecular flexibility index (Phi) is 5.84. The number of hydrogen-bond donors (Lipinski definition) is 2. The van der Waals surface area contributed by atoms with Gasteiger partial charge in [-0.2, -0.15) is 0 Å². The number of rotatable bonds is 6. The maximum atomic E-state index is 12.3. The molecule has 0 fully saturated rings. The molecule has 2 amide bonds. The number of nitrogens with two attached hydrogens (primary N) is 1. The van der Waals surface area contributed by atoms with E-state index in [1.54, 1.807) is 12.1 Å². The van der Waals surface area contributed by atoms with Crippen LogP contribution >= 0.6 is 22.9 Å². The summed E-state index contributed by atoms with van der Waals surface area (Å²) in [5.74, 6) is 0.417. The summed E-state index contributed by atoms with van der Waals surface area (Å²) in [5.41, 5.74) is 7.04. The number of ether oxygens (including phenoxy) is 1. The van der Waals surface area contributed by atoms with Gasteiger partial charge < -0.3 is 15.8 Å². The van der Waals surface area contributed by atoms with Crippen molar-refractivity contribution in [1.82, 2.24) is 0 Å². The van der Waals surface area contributed by atoms with Crippen LogP contribution in [0.4, 0.5) is 5.00 Å². The predicted molar refractivity (Wildman–Crippen MR) is 104 cm³/mol. The number of thiophene rings is 1. The highest BCUT2D eigenvalue weighted by Crippen LogP contribution is 2.39. The van der Waals surface area contributed by atoms with E-state index in [2.05, 4.69) is 12.2 Å². The normalized spacial score (nSPS) is 16.0. The van der Waals surface area contributed by atoms with Crippen LogP contribution in [0.5, 0.6) is 5.75 Å². The molecule has 138 valence electrons. The maximum Gasteiger partial charge on any atom is 0.251 e. The van der Waals surface area contributed by atoms with E-state index >= 15 is 0 Å². The Morgan fingerprint density at radius 2 is 2.15 bits per heavy atom. The van der Waals surface area contributed by atoms with Crippen LogP contribution in [0, 0.1) is 5.92 Å². The molecule has 0 saturated heterocycles. The van der Waals surface area contributed by atoms with Gasteiger partial charge in [0.2, 0.25) is 5.91 Å². The monoisotopic (exact) mass is 392 g/mol. The maximum absolute atomic E-state index is 12.3. The minimum Gasteiger partial charge on any atom is -0.491 e. The summed E-state index contributed by atoms with van der Waals surface area (Å²) in [6, 6.07) is 7.11. The Morgan fingerprint density at radius 1 is 1.38 bits per heavy atom. The van der Waals surface area contributed by atoms with Crippen LogP contribution in [0.3, 0.4) is 0 Å². The van der Waals surface area contributed by atoms with E-state index in [0.717, 1.165) is 29.7 Å². The Balaban J connectivity index is 1.64. The van der Waals surface area contributed by atoms with E-state index in [1.807, 2.05) is 12.1 Å². The van der Waals surface area contributed by atoms with Crippen molar-refractivity contribution in [3.63, 3.8) is 0 Å². The molecule has 0 radical (unpaired) electrons. The molecule has 3 rings (SSSR count). The van der Waals surface area contributed by atoms with Crippen LogP contribution in [-0.2, 0) is 17.6 Å². The second-order valence-electron chi connectivity index (χ2n) is 6.50. The molecule has 1 aromatic heterocycles. The molecule has 1 aromatic carbocycles. The number of carbonyl (C=O) groups is 2. The average Bonchev–Trinajstić information content (AvgIpc) is 2.93. The minimum absolute atomic E-state index is 0.155. The van der Waals surface area contributed by atoms with Crippen molar-refractivity contribution in [1.29, 1.82) is 0 Å². The lowest BCUT2D eigenvalue weighted by Crippen LogP contribution is -2.20. The van der Waals surface area contributed by atoms with Crippen LogP contribution in [-0.4, -0.2) is 18.4 Å². The molecule has 1 unspecified atom stereocenters. The van der Waals surface area contributed by atoms with Crippen LogP contribution in [0.2, 0.25) is 5.02 Å². The second-order valence-corrected chi connectivity index (χ2v) is 8.01. The summed E-state index contributed by atoms with van der Waals surface area (Å²) in [6.07, 6.45) is 2.94. The standard InChI is InChI=1S/C19H21ClN2O3S/c1-11-6-7-12-15(10-11)26-19(17(12)18(21)24)22-16(23)8-9-25-14-5-3-2-4-13(14)20/h2-5,11H,6-10H2,1H3,(H2,21,24)(H,22,23). The van der Waals surface area contributed by atoms with Gasteiger partial charge >= 0.3 is 0 Å². The van der Waals surface area contributed by atoms with E-state index in [9.17, 15) is 9.59 Å².